The normalized spacial score (nSPS) is 11.4. The van der Waals surface area contributed by atoms with Crippen molar-refractivity contribution >= 4 is 27.3 Å². The fourth-order valence-corrected chi connectivity index (χ4v) is 3.25. The van der Waals surface area contributed by atoms with Crippen LogP contribution in [0.5, 0.6) is 0 Å². The van der Waals surface area contributed by atoms with Crippen molar-refractivity contribution in [1.29, 1.82) is 0 Å². The SMILES string of the molecule is Cc1cc(C)cc(N(Cc2ccc(Cl)cc2)S(C)(=O)=O)c1. The zero-order valence-corrected chi connectivity index (χ0v) is 13.9. The van der Waals surface area contributed by atoms with Crippen molar-refractivity contribution in [3.05, 3.63) is 64.2 Å². The summed E-state index contributed by atoms with van der Waals surface area (Å²) in [7, 11) is -3.36. The molecule has 0 aliphatic carbocycles. The Labute approximate surface area is 131 Å². The summed E-state index contributed by atoms with van der Waals surface area (Å²) < 4.78 is 25.7. The van der Waals surface area contributed by atoms with Gasteiger partial charge in [-0.3, -0.25) is 4.31 Å². The standard InChI is InChI=1S/C16H18ClNO2S/c1-12-8-13(2)10-16(9-12)18(21(3,19)20)11-14-4-6-15(17)7-5-14/h4-10H,11H2,1-3H3. The Bertz CT molecular complexity index is 719. The summed E-state index contributed by atoms with van der Waals surface area (Å²) in [6.45, 7) is 4.21. The van der Waals surface area contributed by atoms with E-state index in [1.807, 2.05) is 44.2 Å². The summed E-state index contributed by atoms with van der Waals surface area (Å²) in [6, 6.07) is 13.0. The number of hydrogen-bond acceptors (Lipinski definition) is 2. The molecule has 3 nitrogen and oxygen atoms in total. The summed E-state index contributed by atoms with van der Waals surface area (Å²) in [5, 5.41) is 0.635. The molecular formula is C16H18ClNO2S. The van der Waals surface area contributed by atoms with Gasteiger partial charge < -0.3 is 0 Å². The summed E-state index contributed by atoms with van der Waals surface area (Å²) in [4.78, 5) is 0. The summed E-state index contributed by atoms with van der Waals surface area (Å²) in [5.41, 5.74) is 3.65. The Balaban J connectivity index is 2.42. The van der Waals surface area contributed by atoms with Crippen molar-refractivity contribution < 1.29 is 8.42 Å². The first-order chi connectivity index (χ1) is 9.75. The van der Waals surface area contributed by atoms with E-state index < -0.39 is 10.0 Å². The average molecular weight is 324 g/mol. The lowest BCUT2D eigenvalue weighted by Crippen LogP contribution is -2.29. The second-order valence-electron chi connectivity index (χ2n) is 5.24. The van der Waals surface area contributed by atoms with Crippen molar-refractivity contribution in [3.8, 4) is 0 Å². The summed E-state index contributed by atoms with van der Waals surface area (Å²) in [5.74, 6) is 0. The van der Waals surface area contributed by atoms with Crippen molar-refractivity contribution in [2.24, 2.45) is 0 Å². The van der Waals surface area contributed by atoms with E-state index in [1.165, 1.54) is 10.6 Å². The van der Waals surface area contributed by atoms with Crippen molar-refractivity contribution in [2.45, 2.75) is 20.4 Å². The topological polar surface area (TPSA) is 37.4 Å². The lowest BCUT2D eigenvalue weighted by atomic mass is 10.1. The summed E-state index contributed by atoms with van der Waals surface area (Å²) >= 11 is 5.86. The van der Waals surface area contributed by atoms with Gasteiger partial charge in [0.05, 0.1) is 18.5 Å². The number of aryl methyl sites for hydroxylation is 2. The molecule has 2 rings (SSSR count). The minimum atomic E-state index is -3.36. The fourth-order valence-electron chi connectivity index (χ4n) is 2.25. The molecule has 0 amide bonds. The molecule has 21 heavy (non-hydrogen) atoms. The lowest BCUT2D eigenvalue weighted by Gasteiger charge is -2.23. The molecule has 0 aromatic heterocycles. The highest BCUT2D eigenvalue weighted by atomic mass is 35.5. The van der Waals surface area contributed by atoms with E-state index in [0.29, 0.717) is 17.3 Å². The molecule has 0 radical (unpaired) electrons. The molecule has 0 unspecified atom stereocenters. The molecule has 0 spiro atoms. The van der Waals surface area contributed by atoms with E-state index >= 15 is 0 Å². The van der Waals surface area contributed by atoms with Crippen LogP contribution in [0, 0.1) is 13.8 Å². The van der Waals surface area contributed by atoms with E-state index in [-0.39, 0.29) is 0 Å². The van der Waals surface area contributed by atoms with Gasteiger partial charge in [-0.15, -0.1) is 0 Å². The van der Waals surface area contributed by atoms with E-state index in [9.17, 15) is 8.42 Å². The number of sulfonamides is 1. The molecule has 0 aliphatic heterocycles. The predicted molar refractivity (Wildman–Crippen MR) is 88.4 cm³/mol. The molecule has 5 heteroatoms. The molecule has 0 atom stereocenters. The number of halogens is 1. The van der Waals surface area contributed by atoms with Gasteiger partial charge in [-0.05, 0) is 54.8 Å². The fraction of sp³-hybridized carbons (Fsp3) is 0.250. The maximum Gasteiger partial charge on any atom is 0.232 e. The molecule has 0 bridgehead atoms. The number of hydrogen-bond donors (Lipinski definition) is 0. The Morgan fingerprint density at radius 2 is 1.52 bits per heavy atom. The first kappa shape index (κ1) is 15.9. The number of benzene rings is 2. The minimum absolute atomic E-state index is 0.291. The molecule has 2 aromatic carbocycles. The van der Waals surface area contributed by atoms with Crippen LogP contribution in [0.4, 0.5) is 5.69 Å². The Kier molecular flexibility index (Phi) is 4.59. The van der Waals surface area contributed by atoms with E-state index in [4.69, 9.17) is 11.6 Å². The zero-order chi connectivity index (χ0) is 15.6. The van der Waals surface area contributed by atoms with Crippen LogP contribution in [0.15, 0.2) is 42.5 Å². The molecule has 0 saturated carbocycles. The van der Waals surface area contributed by atoms with Crippen LogP contribution >= 0.6 is 11.6 Å². The van der Waals surface area contributed by atoms with Crippen molar-refractivity contribution in [3.63, 3.8) is 0 Å². The van der Waals surface area contributed by atoms with E-state index in [2.05, 4.69) is 0 Å². The van der Waals surface area contributed by atoms with E-state index in [1.54, 1.807) is 12.1 Å². The van der Waals surface area contributed by atoms with Gasteiger partial charge in [0.2, 0.25) is 10.0 Å². The lowest BCUT2D eigenvalue weighted by molar-refractivity contribution is 0.596. The molecular weight excluding hydrogens is 306 g/mol. The molecule has 0 aliphatic rings. The average Bonchev–Trinajstić information content (AvgIpc) is 2.35. The largest absolute Gasteiger partial charge is 0.266 e. The van der Waals surface area contributed by atoms with Crippen molar-refractivity contribution in [2.75, 3.05) is 10.6 Å². The minimum Gasteiger partial charge on any atom is -0.266 e. The maximum absolute atomic E-state index is 12.1. The van der Waals surface area contributed by atoms with Gasteiger partial charge in [0.1, 0.15) is 0 Å². The second kappa shape index (κ2) is 6.08. The quantitative estimate of drug-likeness (QED) is 0.855. The molecule has 0 heterocycles. The third-order valence-corrected chi connectivity index (χ3v) is 4.53. The monoisotopic (exact) mass is 323 g/mol. The molecule has 112 valence electrons. The Hall–Kier alpha value is -1.52. The third kappa shape index (κ3) is 4.22. The highest BCUT2D eigenvalue weighted by Gasteiger charge is 2.18. The predicted octanol–water partition coefficient (Wildman–Crippen LogP) is 3.92. The van der Waals surface area contributed by atoms with Crippen LogP contribution < -0.4 is 4.31 Å². The van der Waals surface area contributed by atoms with Gasteiger partial charge in [0.15, 0.2) is 0 Å². The van der Waals surface area contributed by atoms with Gasteiger partial charge in [0.25, 0.3) is 0 Å². The van der Waals surface area contributed by atoms with Gasteiger partial charge in [-0.25, -0.2) is 8.42 Å². The first-order valence-electron chi connectivity index (χ1n) is 6.56. The highest BCUT2D eigenvalue weighted by molar-refractivity contribution is 7.92. The third-order valence-electron chi connectivity index (χ3n) is 3.13. The van der Waals surface area contributed by atoms with Crippen LogP contribution in [0.2, 0.25) is 5.02 Å². The van der Waals surface area contributed by atoms with Gasteiger partial charge in [-0.2, -0.15) is 0 Å². The Morgan fingerprint density at radius 3 is 2.00 bits per heavy atom. The van der Waals surface area contributed by atoms with Crippen LogP contribution in [0.25, 0.3) is 0 Å². The van der Waals surface area contributed by atoms with Gasteiger partial charge in [-0.1, -0.05) is 29.8 Å². The molecule has 0 fully saturated rings. The van der Waals surface area contributed by atoms with Gasteiger partial charge >= 0.3 is 0 Å². The molecule has 2 aromatic rings. The van der Waals surface area contributed by atoms with Crippen LogP contribution in [-0.2, 0) is 16.6 Å². The van der Waals surface area contributed by atoms with E-state index in [0.717, 1.165) is 16.7 Å². The maximum atomic E-state index is 12.1. The van der Waals surface area contributed by atoms with Crippen LogP contribution in [0.1, 0.15) is 16.7 Å². The number of anilines is 1. The van der Waals surface area contributed by atoms with Crippen molar-refractivity contribution in [1.82, 2.24) is 0 Å². The molecule has 0 N–H and O–H groups in total. The smallest absolute Gasteiger partial charge is 0.232 e. The highest BCUT2D eigenvalue weighted by Crippen LogP contribution is 2.24. The summed E-state index contributed by atoms with van der Waals surface area (Å²) in [6.07, 6.45) is 1.22. The number of nitrogens with zero attached hydrogens (tertiary/aromatic N) is 1. The Morgan fingerprint density at radius 1 is 1.00 bits per heavy atom. The second-order valence-corrected chi connectivity index (χ2v) is 7.59. The van der Waals surface area contributed by atoms with Crippen LogP contribution in [0.3, 0.4) is 0 Å². The van der Waals surface area contributed by atoms with Gasteiger partial charge in [0, 0.05) is 5.02 Å². The zero-order valence-electron chi connectivity index (χ0n) is 12.3. The first-order valence-corrected chi connectivity index (χ1v) is 8.79. The van der Waals surface area contributed by atoms with Crippen LogP contribution in [-0.4, -0.2) is 14.7 Å². The molecule has 0 saturated heterocycles. The number of rotatable bonds is 4.